The summed E-state index contributed by atoms with van der Waals surface area (Å²) >= 11 is 1.72. The molecule has 0 aromatic carbocycles. The molecule has 0 saturated carbocycles. The molecule has 1 N–H and O–H groups in total. The van der Waals surface area contributed by atoms with Gasteiger partial charge in [-0.2, -0.15) is 0 Å². The molecule has 0 spiro atoms. The number of hydrogen-bond donors (Lipinski definition) is 1. The second-order valence-electron chi connectivity index (χ2n) is 6.45. The topological polar surface area (TPSA) is 53.9 Å². The third-order valence-electron chi connectivity index (χ3n) is 3.44. The Morgan fingerprint density at radius 2 is 2.26 bits per heavy atom. The average molecular weight is 451 g/mol. The number of esters is 1. The lowest BCUT2D eigenvalue weighted by Crippen LogP contribution is -2.40. The highest BCUT2D eigenvalue weighted by atomic mass is 127. The Morgan fingerprint density at radius 1 is 1.52 bits per heavy atom. The van der Waals surface area contributed by atoms with E-state index in [1.54, 1.807) is 18.4 Å². The summed E-state index contributed by atoms with van der Waals surface area (Å²) in [5.74, 6) is 0.669. The van der Waals surface area contributed by atoms with Crippen molar-refractivity contribution in [1.29, 1.82) is 0 Å². The lowest BCUT2D eigenvalue weighted by molar-refractivity contribution is -0.159. The highest BCUT2D eigenvalue weighted by molar-refractivity contribution is 14.0. The summed E-state index contributed by atoms with van der Waals surface area (Å²) < 4.78 is 5.48. The van der Waals surface area contributed by atoms with E-state index in [-0.39, 0.29) is 35.9 Å². The maximum absolute atomic E-state index is 12.2. The second kappa shape index (κ2) is 8.86. The van der Waals surface area contributed by atoms with Crippen LogP contribution in [0.3, 0.4) is 0 Å². The van der Waals surface area contributed by atoms with Crippen LogP contribution in [0.5, 0.6) is 0 Å². The Bertz CT molecular complexity index is 526. The van der Waals surface area contributed by atoms with Crippen molar-refractivity contribution in [3.63, 3.8) is 0 Å². The average Bonchev–Trinajstić information content (AvgIpc) is 3.08. The molecule has 1 saturated heterocycles. The van der Waals surface area contributed by atoms with Gasteiger partial charge in [-0.3, -0.25) is 9.79 Å². The van der Waals surface area contributed by atoms with E-state index in [9.17, 15) is 4.79 Å². The molecule has 1 aromatic heterocycles. The van der Waals surface area contributed by atoms with Crippen LogP contribution < -0.4 is 5.32 Å². The third kappa shape index (κ3) is 6.29. The predicted molar refractivity (Wildman–Crippen MR) is 105 cm³/mol. The number of carbonyl (C=O) groups is 1. The fourth-order valence-corrected chi connectivity index (χ4v) is 3.09. The minimum absolute atomic E-state index is 0. The Balaban J connectivity index is 0.00000264. The molecule has 2 rings (SSSR count). The quantitative estimate of drug-likeness (QED) is 0.332. The molecule has 1 aromatic rings. The SMILES string of the molecule is CN=C(NCc1cccs1)N1CCC(C(=O)OC(C)(C)C)C1.I. The molecule has 23 heavy (non-hydrogen) atoms. The van der Waals surface area contributed by atoms with E-state index in [0.717, 1.165) is 25.5 Å². The highest BCUT2D eigenvalue weighted by Crippen LogP contribution is 2.21. The largest absolute Gasteiger partial charge is 0.460 e. The standard InChI is InChI=1S/C16H25N3O2S.HI/c1-16(2,3)21-14(20)12-7-8-19(11-12)15(17-4)18-10-13-6-5-9-22-13;/h5-6,9,12H,7-8,10-11H2,1-4H3,(H,17,18);1H. The molecule has 1 fully saturated rings. The van der Waals surface area contributed by atoms with Gasteiger partial charge in [0.05, 0.1) is 12.5 Å². The van der Waals surface area contributed by atoms with E-state index in [4.69, 9.17) is 4.74 Å². The monoisotopic (exact) mass is 451 g/mol. The van der Waals surface area contributed by atoms with Crippen molar-refractivity contribution in [1.82, 2.24) is 10.2 Å². The zero-order valence-electron chi connectivity index (χ0n) is 14.2. The first-order chi connectivity index (χ1) is 10.4. The molecular weight excluding hydrogens is 425 g/mol. The number of guanidine groups is 1. The summed E-state index contributed by atoms with van der Waals surface area (Å²) in [6.07, 6.45) is 0.814. The van der Waals surface area contributed by atoms with Gasteiger partial charge in [-0.25, -0.2) is 0 Å². The van der Waals surface area contributed by atoms with Gasteiger partial charge in [-0.15, -0.1) is 35.3 Å². The number of nitrogens with zero attached hydrogens (tertiary/aromatic N) is 2. The molecule has 0 aliphatic carbocycles. The zero-order valence-corrected chi connectivity index (χ0v) is 17.3. The molecule has 0 amide bonds. The summed E-state index contributed by atoms with van der Waals surface area (Å²) in [4.78, 5) is 19.9. The van der Waals surface area contributed by atoms with E-state index < -0.39 is 5.60 Å². The molecular formula is C16H26IN3O2S. The van der Waals surface area contributed by atoms with E-state index in [1.165, 1.54) is 4.88 Å². The first-order valence-electron chi connectivity index (χ1n) is 7.60. The van der Waals surface area contributed by atoms with Crippen molar-refractivity contribution < 1.29 is 9.53 Å². The van der Waals surface area contributed by atoms with E-state index >= 15 is 0 Å². The van der Waals surface area contributed by atoms with Gasteiger partial charge in [0.1, 0.15) is 5.60 Å². The molecule has 1 unspecified atom stereocenters. The van der Waals surface area contributed by atoms with E-state index in [0.29, 0.717) is 6.54 Å². The van der Waals surface area contributed by atoms with Crippen LogP contribution in [-0.4, -0.2) is 42.6 Å². The Hall–Kier alpha value is -0.830. The number of halogens is 1. The normalized spacial score (nSPS) is 18.5. The molecule has 2 heterocycles. The lowest BCUT2D eigenvalue weighted by Gasteiger charge is -2.23. The van der Waals surface area contributed by atoms with Crippen LogP contribution in [0.15, 0.2) is 22.5 Å². The Labute approximate surface area is 159 Å². The highest BCUT2D eigenvalue weighted by Gasteiger charge is 2.33. The molecule has 0 bridgehead atoms. The van der Waals surface area contributed by atoms with Crippen LogP contribution in [0.2, 0.25) is 0 Å². The summed E-state index contributed by atoms with van der Waals surface area (Å²) in [5.41, 5.74) is -0.427. The van der Waals surface area contributed by atoms with Gasteiger partial charge >= 0.3 is 5.97 Å². The Morgan fingerprint density at radius 3 is 2.83 bits per heavy atom. The van der Waals surface area contributed by atoms with Crippen molar-refractivity contribution in [2.45, 2.75) is 39.3 Å². The third-order valence-corrected chi connectivity index (χ3v) is 4.32. The van der Waals surface area contributed by atoms with Gasteiger partial charge in [0, 0.05) is 25.0 Å². The van der Waals surface area contributed by atoms with Crippen LogP contribution in [0.4, 0.5) is 0 Å². The van der Waals surface area contributed by atoms with Crippen LogP contribution in [0, 0.1) is 5.92 Å². The smallest absolute Gasteiger partial charge is 0.311 e. The molecule has 130 valence electrons. The van der Waals surface area contributed by atoms with E-state index in [2.05, 4.69) is 26.7 Å². The maximum Gasteiger partial charge on any atom is 0.311 e. The van der Waals surface area contributed by atoms with Gasteiger partial charge in [-0.1, -0.05) is 6.07 Å². The summed E-state index contributed by atoms with van der Waals surface area (Å²) in [5, 5.41) is 5.42. The molecule has 7 heteroatoms. The fourth-order valence-electron chi connectivity index (χ4n) is 2.44. The van der Waals surface area contributed by atoms with Crippen molar-refractivity contribution in [2.24, 2.45) is 10.9 Å². The summed E-state index contributed by atoms with van der Waals surface area (Å²) in [6.45, 7) is 7.96. The van der Waals surface area contributed by atoms with Gasteiger partial charge in [0.25, 0.3) is 0 Å². The first kappa shape index (κ1) is 20.2. The lowest BCUT2D eigenvalue weighted by atomic mass is 10.1. The number of ether oxygens (including phenoxy) is 1. The minimum atomic E-state index is -0.427. The first-order valence-corrected chi connectivity index (χ1v) is 8.48. The number of hydrogen-bond acceptors (Lipinski definition) is 4. The summed E-state index contributed by atoms with van der Waals surface area (Å²) in [6, 6.07) is 4.14. The number of nitrogens with one attached hydrogen (secondary N) is 1. The van der Waals surface area contributed by atoms with Gasteiger partial charge in [0.15, 0.2) is 5.96 Å². The second-order valence-corrected chi connectivity index (χ2v) is 7.48. The fraction of sp³-hybridized carbons (Fsp3) is 0.625. The number of rotatable bonds is 3. The van der Waals surface area contributed by atoms with Crippen LogP contribution >= 0.6 is 35.3 Å². The number of aliphatic imine (C=N–C) groups is 1. The number of thiophene rings is 1. The van der Waals surface area contributed by atoms with Crippen molar-refractivity contribution in [3.8, 4) is 0 Å². The van der Waals surface area contributed by atoms with Gasteiger partial charge in [-0.05, 0) is 38.6 Å². The Kier molecular flexibility index (Phi) is 7.79. The van der Waals surface area contributed by atoms with Crippen molar-refractivity contribution in [3.05, 3.63) is 22.4 Å². The molecule has 1 aliphatic rings. The van der Waals surface area contributed by atoms with Crippen LogP contribution in [0.25, 0.3) is 0 Å². The summed E-state index contributed by atoms with van der Waals surface area (Å²) in [7, 11) is 1.78. The number of carbonyl (C=O) groups excluding carboxylic acids is 1. The van der Waals surface area contributed by atoms with Crippen LogP contribution in [0.1, 0.15) is 32.1 Å². The van der Waals surface area contributed by atoms with Crippen LogP contribution in [-0.2, 0) is 16.1 Å². The van der Waals surface area contributed by atoms with E-state index in [1.807, 2.05) is 26.8 Å². The minimum Gasteiger partial charge on any atom is -0.460 e. The van der Waals surface area contributed by atoms with Crippen molar-refractivity contribution in [2.75, 3.05) is 20.1 Å². The predicted octanol–water partition coefficient (Wildman–Crippen LogP) is 3.11. The van der Waals surface area contributed by atoms with Gasteiger partial charge in [0.2, 0.25) is 0 Å². The zero-order chi connectivity index (χ0) is 16.2. The number of likely N-dealkylation sites (tertiary alicyclic amines) is 1. The molecule has 1 aliphatic heterocycles. The van der Waals surface area contributed by atoms with Crippen molar-refractivity contribution >= 4 is 47.2 Å². The molecule has 0 radical (unpaired) electrons. The molecule has 5 nitrogen and oxygen atoms in total. The van der Waals surface area contributed by atoms with Gasteiger partial charge < -0.3 is 15.0 Å². The maximum atomic E-state index is 12.2. The molecule has 1 atom stereocenters.